The van der Waals surface area contributed by atoms with Crippen LogP contribution in [0.15, 0.2) is 18.2 Å². The fourth-order valence-electron chi connectivity index (χ4n) is 2.16. The second kappa shape index (κ2) is 8.78. The highest BCUT2D eigenvalue weighted by molar-refractivity contribution is 5.79. The average Bonchev–Trinajstić information content (AvgIpc) is 2.48. The Morgan fingerprint density at radius 3 is 2.32 bits per heavy atom. The Hall–Kier alpha value is -2.18. The van der Waals surface area contributed by atoms with Gasteiger partial charge in [0.1, 0.15) is 17.2 Å². The second-order valence-electron chi connectivity index (χ2n) is 7.00. The van der Waals surface area contributed by atoms with E-state index in [0.717, 1.165) is 0 Å². The fraction of sp³-hybridized carbons (Fsp3) is 0.556. The van der Waals surface area contributed by atoms with Crippen molar-refractivity contribution >= 4 is 12.0 Å². The van der Waals surface area contributed by atoms with Crippen LogP contribution in [0.25, 0.3) is 0 Å². The highest BCUT2D eigenvalue weighted by Crippen LogP contribution is 2.13. The summed E-state index contributed by atoms with van der Waals surface area (Å²) < 4.78 is 32.3. The van der Waals surface area contributed by atoms with Crippen LogP contribution in [-0.2, 0) is 16.0 Å². The van der Waals surface area contributed by atoms with Crippen molar-refractivity contribution in [3.8, 4) is 0 Å². The lowest BCUT2D eigenvalue weighted by Crippen LogP contribution is -2.41. The van der Waals surface area contributed by atoms with Gasteiger partial charge in [0, 0.05) is 25.7 Å². The van der Waals surface area contributed by atoms with Crippen molar-refractivity contribution in [2.24, 2.45) is 5.92 Å². The predicted octanol–water partition coefficient (Wildman–Crippen LogP) is 3.13. The molecule has 0 spiro atoms. The van der Waals surface area contributed by atoms with E-state index in [1.54, 1.807) is 34.7 Å². The lowest BCUT2D eigenvalue weighted by molar-refractivity contribution is -0.124. The zero-order valence-corrected chi connectivity index (χ0v) is 15.4. The smallest absolute Gasteiger partial charge is 0.410 e. The Kier molecular flexibility index (Phi) is 7.33. The van der Waals surface area contributed by atoms with E-state index in [9.17, 15) is 18.4 Å². The van der Waals surface area contributed by atoms with Crippen molar-refractivity contribution in [1.29, 1.82) is 0 Å². The van der Waals surface area contributed by atoms with Crippen LogP contribution in [0.3, 0.4) is 0 Å². The molecule has 1 unspecified atom stereocenters. The van der Waals surface area contributed by atoms with Crippen molar-refractivity contribution in [2.45, 2.75) is 39.7 Å². The summed E-state index contributed by atoms with van der Waals surface area (Å²) >= 11 is 0. The number of hydrogen-bond acceptors (Lipinski definition) is 3. The number of hydrogen-bond donors (Lipinski definition) is 1. The molecule has 1 N–H and O–H groups in total. The molecular weight excluding hydrogens is 330 g/mol. The molecule has 0 aliphatic heterocycles. The minimum Gasteiger partial charge on any atom is -0.444 e. The Morgan fingerprint density at radius 2 is 1.80 bits per heavy atom. The van der Waals surface area contributed by atoms with Gasteiger partial charge in [-0.1, -0.05) is 13.0 Å². The van der Waals surface area contributed by atoms with Crippen LogP contribution in [0.5, 0.6) is 0 Å². The molecule has 7 heteroatoms. The molecule has 0 aliphatic rings. The Morgan fingerprint density at radius 1 is 1.24 bits per heavy atom. The number of rotatable bonds is 6. The van der Waals surface area contributed by atoms with Gasteiger partial charge in [-0.3, -0.25) is 4.79 Å². The van der Waals surface area contributed by atoms with E-state index in [2.05, 4.69) is 5.32 Å². The molecule has 1 aromatic rings. The monoisotopic (exact) mass is 356 g/mol. The highest BCUT2D eigenvalue weighted by Gasteiger charge is 2.23. The van der Waals surface area contributed by atoms with Gasteiger partial charge in [-0.2, -0.15) is 0 Å². The van der Waals surface area contributed by atoms with Gasteiger partial charge >= 0.3 is 6.09 Å². The molecule has 0 bridgehead atoms. The van der Waals surface area contributed by atoms with Crippen molar-refractivity contribution in [2.75, 3.05) is 20.1 Å². The molecule has 25 heavy (non-hydrogen) atoms. The Bertz CT molecular complexity index is 595. The van der Waals surface area contributed by atoms with Gasteiger partial charge in [0.05, 0.1) is 5.92 Å². The molecule has 0 fully saturated rings. The number of benzene rings is 1. The first-order valence-electron chi connectivity index (χ1n) is 8.16. The molecule has 0 saturated carbocycles. The maximum atomic E-state index is 13.5. The molecule has 0 aliphatic carbocycles. The molecule has 5 nitrogen and oxygen atoms in total. The van der Waals surface area contributed by atoms with E-state index in [0.29, 0.717) is 0 Å². The largest absolute Gasteiger partial charge is 0.444 e. The first kappa shape index (κ1) is 20.9. The summed E-state index contributed by atoms with van der Waals surface area (Å²) in [5.74, 6) is -2.05. The maximum absolute atomic E-state index is 13.5. The first-order chi connectivity index (χ1) is 11.5. The van der Waals surface area contributed by atoms with Gasteiger partial charge in [0.15, 0.2) is 0 Å². The summed E-state index contributed by atoms with van der Waals surface area (Å²) in [7, 11) is 1.55. The average molecular weight is 356 g/mol. The molecule has 1 aromatic carbocycles. The second-order valence-corrected chi connectivity index (χ2v) is 7.00. The van der Waals surface area contributed by atoms with Crippen LogP contribution < -0.4 is 5.32 Å². The van der Waals surface area contributed by atoms with Crippen LogP contribution >= 0.6 is 0 Å². The van der Waals surface area contributed by atoms with E-state index in [4.69, 9.17) is 4.74 Å². The number of amides is 2. The molecule has 0 saturated heterocycles. The van der Waals surface area contributed by atoms with E-state index in [1.807, 2.05) is 0 Å². The molecule has 0 aromatic heterocycles. The standard InChI is InChI=1S/C18H26F2N2O3/c1-12(11-22(5)17(24)25-18(2,3)4)16(23)21-10-9-13-14(19)7-6-8-15(13)20/h6-8,12H,9-11H2,1-5H3,(H,21,23). The molecule has 0 heterocycles. The molecular formula is C18H26F2N2O3. The van der Waals surface area contributed by atoms with Crippen LogP contribution in [-0.4, -0.2) is 42.6 Å². The van der Waals surface area contributed by atoms with Crippen molar-refractivity contribution < 1.29 is 23.1 Å². The van der Waals surface area contributed by atoms with Gasteiger partial charge in [-0.15, -0.1) is 0 Å². The van der Waals surface area contributed by atoms with Crippen LogP contribution in [0.4, 0.5) is 13.6 Å². The third kappa shape index (κ3) is 7.07. The number of halogens is 2. The predicted molar refractivity (Wildman–Crippen MR) is 91.1 cm³/mol. The Labute approximate surface area is 147 Å². The number of carbonyl (C=O) groups is 2. The van der Waals surface area contributed by atoms with Gasteiger partial charge in [-0.05, 0) is 39.3 Å². The van der Waals surface area contributed by atoms with Gasteiger partial charge in [0.2, 0.25) is 5.91 Å². The van der Waals surface area contributed by atoms with E-state index in [1.165, 1.54) is 23.1 Å². The fourth-order valence-corrected chi connectivity index (χ4v) is 2.16. The summed E-state index contributed by atoms with van der Waals surface area (Å²) in [6.45, 7) is 7.23. The zero-order chi connectivity index (χ0) is 19.2. The third-order valence-electron chi connectivity index (χ3n) is 3.44. The Balaban J connectivity index is 2.45. The number of carbonyl (C=O) groups excluding carboxylic acids is 2. The molecule has 1 rings (SSSR count). The molecule has 2 amide bonds. The summed E-state index contributed by atoms with van der Waals surface area (Å²) in [5.41, 5.74) is -0.665. The van der Waals surface area contributed by atoms with Crippen molar-refractivity contribution in [1.82, 2.24) is 10.2 Å². The quantitative estimate of drug-likeness (QED) is 0.852. The van der Waals surface area contributed by atoms with E-state index in [-0.39, 0.29) is 31.0 Å². The summed E-state index contributed by atoms with van der Waals surface area (Å²) in [4.78, 5) is 25.3. The third-order valence-corrected chi connectivity index (χ3v) is 3.44. The van der Waals surface area contributed by atoms with E-state index >= 15 is 0 Å². The molecule has 140 valence electrons. The summed E-state index contributed by atoms with van der Waals surface area (Å²) in [6.07, 6.45) is -0.459. The van der Waals surface area contributed by atoms with Gasteiger partial charge in [-0.25, -0.2) is 13.6 Å². The maximum Gasteiger partial charge on any atom is 0.410 e. The number of nitrogens with one attached hydrogen (secondary N) is 1. The highest BCUT2D eigenvalue weighted by atomic mass is 19.1. The summed E-state index contributed by atoms with van der Waals surface area (Å²) in [6, 6.07) is 3.65. The molecule has 0 radical (unpaired) electrons. The lowest BCUT2D eigenvalue weighted by Gasteiger charge is -2.26. The normalized spacial score (nSPS) is 12.4. The lowest BCUT2D eigenvalue weighted by atomic mass is 10.1. The number of nitrogens with zero attached hydrogens (tertiary/aromatic N) is 1. The minimum atomic E-state index is -0.632. The van der Waals surface area contributed by atoms with E-state index < -0.39 is 29.2 Å². The topological polar surface area (TPSA) is 58.6 Å². The van der Waals surface area contributed by atoms with Crippen molar-refractivity contribution in [3.05, 3.63) is 35.4 Å². The first-order valence-corrected chi connectivity index (χ1v) is 8.16. The van der Waals surface area contributed by atoms with Gasteiger partial charge < -0.3 is 15.0 Å². The SMILES string of the molecule is CC(CN(C)C(=O)OC(C)(C)C)C(=O)NCCc1c(F)cccc1F. The minimum absolute atomic E-state index is 0.0543. The number of ether oxygens (including phenoxy) is 1. The zero-order valence-electron chi connectivity index (χ0n) is 15.4. The van der Waals surface area contributed by atoms with Gasteiger partial charge in [0.25, 0.3) is 0 Å². The van der Waals surface area contributed by atoms with Crippen LogP contribution in [0.1, 0.15) is 33.3 Å². The summed E-state index contributed by atoms with van der Waals surface area (Å²) in [5, 5.41) is 2.63. The molecule has 1 atom stereocenters. The van der Waals surface area contributed by atoms with Crippen LogP contribution in [0, 0.1) is 17.6 Å². The van der Waals surface area contributed by atoms with Crippen LogP contribution in [0.2, 0.25) is 0 Å². The van der Waals surface area contributed by atoms with Crippen molar-refractivity contribution in [3.63, 3.8) is 0 Å².